The Labute approximate surface area is 175 Å². The first-order valence-electron chi connectivity index (χ1n) is 6.66. The van der Waals surface area contributed by atoms with Crippen LogP contribution in [0.2, 0.25) is 0 Å². The van der Waals surface area contributed by atoms with Crippen LogP contribution in [-0.4, -0.2) is 44.3 Å². The third-order valence-electron chi connectivity index (χ3n) is 3.46. The molecule has 8 nitrogen and oxygen atoms in total. The van der Waals surface area contributed by atoms with E-state index in [2.05, 4.69) is 0 Å². The summed E-state index contributed by atoms with van der Waals surface area (Å²) in [4.78, 5) is 45.5. The second-order valence-corrected chi connectivity index (χ2v) is 7.08. The molecule has 0 aliphatic carbocycles. The SMILES string of the molecule is O=C(O)c1ccc(-c2ccc(C(=O)O)c(C(=O)O)c2I)c(I)c1C(=O)O.[HH].[HH]. The molecule has 4 N–H and O–H groups in total. The fourth-order valence-corrected chi connectivity index (χ4v) is 4.33. The average molecular weight is 586 g/mol. The molecule has 26 heavy (non-hydrogen) atoms. The quantitative estimate of drug-likeness (QED) is 0.387. The number of hydrogen-bond donors (Lipinski definition) is 4. The standard InChI is InChI=1S/C16H8I2O8.2H2/c17-11-5(1-3-7(13(19)20)9(11)15(23)24)6-2-4-8(14(21)22)10(12(6)18)16(25)26;;/h1-4H,(H,19,20)(H,21,22)(H,23,24)(H,25,26);2*1H. The van der Waals surface area contributed by atoms with Crippen LogP contribution in [0.15, 0.2) is 24.3 Å². The van der Waals surface area contributed by atoms with Crippen molar-refractivity contribution < 1.29 is 42.5 Å². The zero-order chi connectivity index (χ0) is 19.8. The van der Waals surface area contributed by atoms with E-state index in [1.165, 1.54) is 12.1 Å². The van der Waals surface area contributed by atoms with Crippen LogP contribution in [0.4, 0.5) is 0 Å². The van der Waals surface area contributed by atoms with Crippen molar-refractivity contribution in [1.82, 2.24) is 0 Å². The van der Waals surface area contributed by atoms with Crippen LogP contribution in [0.3, 0.4) is 0 Å². The highest BCUT2D eigenvalue weighted by Crippen LogP contribution is 2.35. The molecule has 0 spiro atoms. The molecule has 2 aromatic carbocycles. The van der Waals surface area contributed by atoms with Crippen LogP contribution in [0, 0.1) is 7.14 Å². The summed E-state index contributed by atoms with van der Waals surface area (Å²) in [6.07, 6.45) is 0. The number of benzene rings is 2. The molecule has 0 bridgehead atoms. The van der Waals surface area contributed by atoms with Crippen molar-refractivity contribution in [3.63, 3.8) is 0 Å². The number of aromatic carboxylic acids is 4. The van der Waals surface area contributed by atoms with Gasteiger partial charge in [0.1, 0.15) is 0 Å². The van der Waals surface area contributed by atoms with Gasteiger partial charge in [0, 0.05) is 9.99 Å². The maximum Gasteiger partial charge on any atom is 0.337 e. The van der Waals surface area contributed by atoms with Gasteiger partial charge in [-0.05, 0) is 68.4 Å². The first kappa shape index (κ1) is 20.1. The van der Waals surface area contributed by atoms with Crippen molar-refractivity contribution in [1.29, 1.82) is 0 Å². The van der Waals surface area contributed by atoms with Crippen LogP contribution < -0.4 is 0 Å². The molecule has 138 valence electrons. The molecular formula is C16H12I2O8. The fourth-order valence-electron chi connectivity index (χ4n) is 2.34. The lowest BCUT2D eigenvalue weighted by molar-refractivity contribution is 0.0650. The van der Waals surface area contributed by atoms with Crippen LogP contribution in [-0.2, 0) is 0 Å². The molecule has 0 radical (unpaired) electrons. The van der Waals surface area contributed by atoms with Gasteiger partial charge in [-0.3, -0.25) is 0 Å². The van der Waals surface area contributed by atoms with Gasteiger partial charge in [0.15, 0.2) is 0 Å². The highest BCUT2D eigenvalue weighted by Gasteiger charge is 2.26. The molecule has 0 fully saturated rings. The number of hydrogen-bond acceptors (Lipinski definition) is 4. The van der Waals surface area contributed by atoms with Gasteiger partial charge in [0.2, 0.25) is 0 Å². The number of carbonyl (C=O) groups is 4. The van der Waals surface area contributed by atoms with Gasteiger partial charge in [-0.15, -0.1) is 0 Å². The molecule has 0 saturated carbocycles. The normalized spacial score (nSPS) is 10.4. The molecule has 0 aliphatic heterocycles. The van der Waals surface area contributed by atoms with E-state index in [0.29, 0.717) is 0 Å². The Morgan fingerprint density at radius 1 is 0.615 bits per heavy atom. The summed E-state index contributed by atoms with van der Waals surface area (Å²) in [7, 11) is 0. The summed E-state index contributed by atoms with van der Waals surface area (Å²) < 4.78 is 0.208. The Bertz CT molecular complexity index is 912. The number of carboxylic acids is 4. The van der Waals surface area contributed by atoms with E-state index in [1.54, 1.807) is 45.2 Å². The lowest BCUT2D eigenvalue weighted by Gasteiger charge is -2.14. The average Bonchev–Trinajstić information content (AvgIpc) is 2.53. The summed E-state index contributed by atoms with van der Waals surface area (Å²) >= 11 is 3.35. The molecule has 10 heteroatoms. The molecule has 0 aliphatic rings. The first-order valence-corrected chi connectivity index (χ1v) is 8.82. The molecule has 0 aromatic heterocycles. The topological polar surface area (TPSA) is 149 Å². The molecule has 2 rings (SSSR count). The lowest BCUT2D eigenvalue weighted by Crippen LogP contribution is -2.13. The molecule has 0 saturated heterocycles. The Morgan fingerprint density at radius 2 is 0.923 bits per heavy atom. The van der Waals surface area contributed by atoms with Crippen molar-refractivity contribution in [3.05, 3.63) is 53.7 Å². The molecule has 0 unspecified atom stereocenters. The van der Waals surface area contributed by atoms with Crippen LogP contribution in [0.5, 0.6) is 0 Å². The smallest absolute Gasteiger partial charge is 0.337 e. The van der Waals surface area contributed by atoms with Gasteiger partial charge in [-0.2, -0.15) is 0 Å². The Hall–Kier alpha value is -2.22. The van der Waals surface area contributed by atoms with E-state index in [9.17, 15) is 29.4 Å². The van der Waals surface area contributed by atoms with Crippen LogP contribution >= 0.6 is 45.2 Å². The van der Waals surface area contributed by atoms with Crippen LogP contribution in [0.1, 0.15) is 44.3 Å². The number of halogens is 2. The zero-order valence-corrected chi connectivity index (χ0v) is 16.8. The van der Waals surface area contributed by atoms with Crippen molar-refractivity contribution in [2.75, 3.05) is 0 Å². The summed E-state index contributed by atoms with van der Waals surface area (Å²) in [5.74, 6) is -5.70. The van der Waals surface area contributed by atoms with E-state index >= 15 is 0 Å². The largest absolute Gasteiger partial charge is 0.478 e. The highest BCUT2D eigenvalue weighted by molar-refractivity contribution is 14.1. The minimum Gasteiger partial charge on any atom is -0.478 e. The van der Waals surface area contributed by atoms with Gasteiger partial charge >= 0.3 is 23.9 Å². The van der Waals surface area contributed by atoms with Gasteiger partial charge < -0.3 is 20.4 Å². The molecule has 0 amide bonds. The van der Waals surface area contributed by atoms with E-state index in [1.807, 2.05) is 0 Å². The number of carboxylic acid groups (broad SMARTS) is 4. The lowest BCUT2D eigenvalue weighted by atomic mass is 9.96. The van der Waals surface area contributed by atoms with Crippen LogP contribution in [0.25, 0.3) is 11.1 Å². The Balaban J connectivity index is 0.00000364. The van der Waals surface area contributed by atoms with Gasteiger partial charge in [-0.25, -0.2) is 19.2 Å². The summed E-state index contributed by atoms with van der Waals surface area (Å²) in [5, 5.41) is 37.0. The minimum absolute atomic E-state index is 0. The maximum absolute atomic E-state index is 11.5. The third kappa shape index (κ3) is 3.51. The zero-order valence-electron chi connectivity index (χ0n) is 12.5. The summed E-state index contributed by atoms with van der Waals surface area (Å²) in [6, 6.07) is 4.96. The second kappa shape index (κ2) is 7.57. The molecule has 0 heterocycles. The third-order valence-corrected chi connectivity index (χ3v) is 5.70. The van der Waals surface area contributed by atoms with Crippen molar-refractivity contribution >= 4 is 69.1 Å². The number of rotatable bonds is 5. The Morgan fingerprint density at radius 3 is 1.15 bits per heavy atom. The molecule has 2 aromatic rings. The van der Waals surface area contributed by atoms with Crippen molar-refractivity contribution in [2.45, 2.75) is 0 Å². The maximum atomic E-state index is 11.5. The van der Waals surface area contributed by atoms with E-state index < -0.39 is 46.1 Å². The van der Waals surface area contributed by atoms with Gasteiger partial charge in [0.05, 0.1) is 22.3 Å². The van der Waals surface area contributed by atoms with Gasteiger partial charge in [-0.1, -0.05) is 12.1 Å². The summed E-state index contributed by atoms with van der Waals surface area (Å²) in [5.41, 5.74) is -1.08. The second-order valence-electron chi connectivity index (χ2n) is 4.92. The van der Waals surface area contributed by atoms with Crippen molar-refractivity contribution in [2.24, 2.45) is 0 Å². The fraction of sp³-hybridized carbons (Fsp3) is 0. The monoisotopic (exact) mass is 586 g/mol. The summed E-state index contributed by atoms with van der Waals surface area (Å²) in [6.45, 7) is 0. The molecule has 0 atom stereocenters. The van der Waals surface area contributed by atoms with E-state index in [0.717, 1.165) is 12.1 Å². The van der Waals surface area contributed by atoms with E-state index in [-0.39, 0.29) is 21.1 Å². The Kier molecular flexibility index (Phi) is 5.85. The molecular weight excluding hydrogens is 574 g/mol. The highest BCUT2D eigenvalue weighted by atomic mass is 127. The van der Waals surface area contributed by atoms with E-state index in [4.69, 9.17) is 10.2 Å². The predicted molar refractivity (Wildman–Crippen MR) is 109 cm³/mol. The van der Waals surface area contributed by atoms with Crippen molar-refractivity contribution in [3.8, 4) is 11.1 Å². The predicted octanol–water partition coefficient (Wildman–Crippen LogP) is 3.85. The minimum atomic E-state index is -1.44. The first-order chi connectivity index (χ1) is 12.1. The van der Waals surface area contributed by atoms with Gasteiger partial charge in [0.25, 0.3) is 0 Å².